The summed E-state index contributed by atoms with van der Waals surface area (Å²) in [5.74, 6) is 0.814. The molecule has 2 heteroatoms. The predicted molar refractivity (Wildman–Crippen MR) is 65.2 cm³/mol. The molecule has 1 heterocycles. The molecule has 0 N–H and O–H groups in total. The summed E-state index contributed by atoms with van der Waals surface area (Å²) in [6.07, 6.45) is 5.54. The number of rotatable bonds is 7. The van der Waals surface area contributed by atoms with Crippen molar-refractivity contribution in [2.75, 3.05) is 26.2 Å². The van der Waals surface area contributed by atoms with Crippen molar-refractivity contribution in [3.63, 3.8) is 0 Å². The van der Waals surface area contributed by atoms with E-state index in [4.69, 9.17) is 4.74 Å². The van der Waals surface area contributed by atoms with E-state index in [0.717, 1.165) is 19.1 Å². The van der Waals surface area contributed by atoms with Gasteiger partial charge in [0.05, 0.1) is 6.10 Å². The van der Waals surface area contributed by atoms with Crippen molar-refractivity contribution in [2.45, 2.75) is 52.6 Å². The minimum Gasteiger partial charge on any atom is -0.377 e. The van der Waals surface area contributed by atoms with Gasteiger partial charge in [-0.05, 0) is 38.1 Å². The lowest BCUT2D eigenvalue weighted by atomic mass is 10.1. The van der Waals surface area contributed by atoms with Crippen molar-refractivity contribution < 1.29 is 4.74 Å². The van der Waals surface area contributed by atoms with Crippen LogP contribution in [0.1, 0.15) is 46.5 Å². The Morgan fingerprint density at radius 3 is 2.87 bits per heavy atom. The summed E-state index contributed by atoms with van der Waals surface area (Å²) < 4.78 is 5.89. The predicted octanol–water partition coefficient (Wildman–Crippen LogP) is 2.92. The summed E-state index contributed by atoms with van der Waals surface area (Å²) in [5, 5.41) is 0. The average Bonchev–Trinajstić information content (AvgIpc) is 2.61. The second-order valence-electron chi connectivity index (χ2n) is 5.12. The van der Waals surface area contributed by atoms with Crippen LogP contribution in [0.3, 0.4) is 0 Å². The van der Waals surface area contributed by atoms with E-state index in [9.17, 15) is 0 Å². The zero-order valence-corrected chi connectivity index (χ0v) is 10.7. The molecule has 0 aromatic rings. The van der Waals surface area contributed by atoms with Gasteiger partial charge in [0.15, 0.2) is 0 Å². The average molecular weight is 213 g/mol. The highest BCUT2D eigenvalue weighted by Crippen LogP contribution is 2.13. The molecule has 0 aromatic heterocycles. The quantitative estimate of drug-likeness (QED) is 0.603. The summed E-state index contributed by atoms with van der Waals surface area (Å²) in [4.78, 5) is 2.52. The lowest BCUT2D eigenvalue weighted by Crippen LogP contribution is -2.24. The van der Waals surface area contributed by atoms with E-state index in [2.05, 4.69) is 25.7 Å². The number of hydrogen-bond donors (Lipinski definition) is 0. The first kappa shape index (κ1) is 13.0. The van der Waals surface area contributed by atoms with Gasteiger partial charge >= 0.3 is 0 Å². The van der Waals surface area contributed by atoms with Crippen molar-refractivity contribution >= 4 is 0 Å². The van der Waals surface area contributed by atoms with Crippen molar-refractivity contribution in [2.24, 2.45) is 5.92 Å². The SMILES string of the molecule is CCCN1CC[C@@H](OCCCC(C)C)C1. The first-order valence-corrected chi connectivity index (χ1v) is 6.56. The highest BCUT2D eigenvalue weighted by atomic mass is 16.5. The Kier molecular flexibility index (Phi) is 6.26. The summed E-state index contributed by atoms with van der Waals surface area (Å²) in [5.41, 5.74) is 0. The Labute approximate surface area is 95.0 Å². The summed E-state index contributed by atoms with van der Waals surface area (Å²) in [7, 11) is 0. The number of hydrogen-bond acceptors (Lipinski definition) is 2. The van der Waals surface area contributed by atoms with Crippen LogP contribution >= 0.6 is 0 Å². The normalized spacial score (nSPS) is 22.8. The molecule has 1 fully saturated rings. The smallest absolute Gasteiger partial charge is 0.0714 e. The molecule has 1 atom stereocenters. The van der Waals surface area contributed by atoms with Gasteiger partial charge in [-0.15, -0.1) is 0 Å². The molecule has 0 unspecified atom stereocenters. The van der Waals surface area contributed by atoms with E-state index in [1.807, 2.05) is 0 Å². The number of nitrogens with zero attached hydrogens (tertiary/aromatic N) is 1. The van der Waals surface area contributed by atoms with Gasteiger partial charge in [-0.2, -0.15) is 0 Å². The van der Waals surface area contributed by atoms with Crippen molar-refractivity contribution in [1.82, 2.24) is 4.90 Å². The molecule has 0 aliphatic carbocycles. The van der Waals surface area contributed by atoms with Crippen LogP contribution in [0.2, 0.25) is 0 Å². The highest BCUT2D eigenvalue weighted by molar-refractivity contribution is 4.75. The molecular weight excluding hydrogens is 186 g/mol. The van der Waals surface area contributed by atoms with Crippen LogP contribution in [0.25, 0.3) is 0 Å². The van der Waals surface area contributed by atoms with Crippen LogP contribution < -0.4 is 0 Å². The zero-order chi connectivity index (χ0) is 11.1. The molecule has 0 spiro atoms. The lowest BCUT2D eigenvalue weighted by molar-refractivity contribution is 0.0552. The second-order valence-corrected chi connectivity index (χ2v) is 5.12. The molecule has 0 bridgehead atoms. The minimum atomic E-state index is 0.517. The molecule has 0 aromatic carbocycles. The third-order valence-electron chi connectivity index (χ3n) is 3.05. The Balaban J connectivity index is 1.99. The molecule has 2 nitrogen and oxygen atoms in total. The van der Waals surface area contributed by atoms with Gasteiger partial charge in [0.1, 0.15) is 0 Å². The lowest BCUT2D eigenvalue weighted by Gasteiger charge is -2.15. The minimum absolute atomic E-state index is 0.517. The van der Waals surface area contributed by atoms with E-state index in [1.54, 1.807) is 0 Å². The van der Waals surface area contributed by atoms with Gasteiger partial charge in [-0.25, -0.2) is 0 Å². The molecule has 0 radical (unpaired) electrons. The Hall–Kier alpha value is -0.0800. The van der Waals surface area contributed by atoms with Gasteiger partial charge < -0.3 is 9.64 Å². The van der Waals surface area contributed by atoms with E-state index in [0.29, 0.717) is 6.10 Å². The van der Waals surface area contributed by atoms with Crippen molar-refractivity contribution in [3.05, 3.63) is 0 Å². The van der Waals surface area contributed by atoms with E-state index in [-0.39, 0.29) is 0 Å². The Bertz CT molecular complexity index is 159. The van der Waals surface area contributed by atoms with Crippen LogP contribution in [0.15, 0.2) is 0 Å². The van der Waals surface area contributed by atoms with Crippen LogP contribution in [0, 0.1) is 5.92 Å². The maximum Gasteiger partial charge on any atom is 0.0714 e. The van der Waals surface area contributed by atoms with Gasteiger partial charge in [0, 0.05) is 19.7 Å². The van der Waals surface area contributed by atoms with Crippen molar-refractivity contribution in [3.8, 4) is 0 Å². The van der Waals surface area contributed by atoms with E-state index < -0.39 is 0 Å². The fourth-order valence-electron chi connectivity index (χ4n) is 2.19. The van der Waals surface area contributed by atoms with E-state index >= 15 is 0 Å². The van der Waals surface area contributed by atoms with Gasteiger partial charge in [0.25, 0.3) is 0 Å². The van der Waals surface area contributed by atoms with Crippen LogP contribution in [0.4, 0.5) is 0 Å². The molecule has 15 heavy (non-hydrogen) atoms. The number of likely N-dealkylation sites (tertiary alicyclic amines) is 1. The summed E-state index contributed by atoms with van der Waals surface area (Å²) in [6, 6.07) is 0. The fraction of sp³-hybridized carbons (Fsp3) is 1.00. The third kappa shape index (κ3) is 5.53. The molecular formula is C13H27NO. The maximum absolute atomic E-state index is 5.89. The van der Waals surface area contributed by atoms with E-state index in [1.165, 1.54) is 38.8 Å². The maximum atomic E-state index is 5.89. The van der Waals surface area contributed by atoms with Crippen LogP contribution in [-0.2, 0) is 4.74 Å². The Morgan fingerprint density at radius 2 is 2.20 bits per heavy atom. The number of ether oxygens (including phenoxy) is 1. The van der Waals surface area contributed by atoms with Gasteiger partial charge in [0.2, 0.25) is 0 Å². The van der Waals surface area contributed by atoms with Gasteiger partial charge in [-0.3, -0.25) is 0 Å². The summed E-state index contributed by atoms with van der Waals surface area (Å²) >= 11 is 0. The topological polar surface area (TPSA) is 12.5 Å². The van der Waals surface area contributed by atoms with Crippen LogP contribution in [0.5, 0.6) is 0 Å². The Morgan fingerprint density at radius 1 is 1.40 bits per heavy atom. The van der Waals surface area contributed by atoms with Crippen LogP contribution in [-0.4, -0.2) is 37.2 Å². The monoisotopic (exact) mass is 213 g/mol. The molecule has 0 amide bonds. The zero-order valence-electron chi connectivity index (χ0n) is 10.7. The van der Waals surface area contributed by atoms with Crippen molar-refractivity contribution in [1.29, 1.82) is 0 Å². The first-order valence-electron chi connectivity index (χ1n) is 6.56. The fourth-order valence-corrected chi connectivity index (χ4v) is 2.19. The highest BCUT2D eigenvalue weighted by Gasteiger charge is 2.21. The molecule has 1 saturated heterocycles. The molecule has 90 valence electrons. The molecule has 1 rings (SSSR count). The molecule has 1 aliphatic rings. The van der Waals surface area contributed by atoms with Gasteiger partial charge in [-0.1, -0.05) is 20.8 Å². The molecule has 1 aliphatic heterocycles. The third-order valence-corrected chi connectivity index (χ3v) is 3.05. The molecule has 0 saturated carbocycles. The first-order chi connectivity index (χ1) is 7.22. The summed E-state index contributed by atoms with van der Waals surface area (Å²) in [6.45, 7) is 11.4. The second kappa shape index (κ2) is 7.24. The standard InChI is InChI=1S/C13H27NO/c1-4-8-14-9-7-13(11-14)15-10-5-6-12(2)3/h12-13H,4-11H2,1-3H3/t13-/m1/s1. The largest absolute Gasteiger partial charge is 0.377 e.